The van der Waals surface area contributed by atoms with Gasteiger partial charge >= 0.3 is 0 Å². The maximum atomic E-state index is 12.9. The molecule has 3 aliphatic carbocycles. The first-order valence-electron chi connectivity index (χ1n) is 10.8. The van der Waals surface area contributed by atoms with Gasteiger partial charge in [0.1, 0.15) is 0 Å². The number of pyridine rings is 1. The SMILES string of the molecule is CCNCCCc1cc(C(=O)NCC2(C)C=C3CC4CC(CC34)C2)c(Cl)cn1. The third-order valence-electron chi connectivity index (χ3n) is 6.90. The lowest BCUT2D eigenvalue weighted by molar-refractivity contribution is 0.0936. The molecule has 1 amide bonds. The van der Waals surface area contributed by atoms with E-state index in [2.05, 4.69) is 35.5 Å². The van der Waals surface area contributed by atoms with Crippen molar-refractivity contribution in [3.8, 4) is 0 Å². The number of allylic oxidation sites excluding steroid dienone is 1. The van der Waals surface area contributed by atoms with Crippen molar-refractivity contribution in [2.45, 2.75) is 52.4 Å². The summed E-state index contributed by atoms with van der Waals surface area (Å²) in [5.74, 6) is 2.54. The number of rotatable bonds is 8. The summed E-state index contributed by atoms with van der Waals surface area (Å²) in [6.07, 6.45) is 11.2. The Kier molecular flexibility index (Phi) is 5.80. The quantitative estimate of drug-likeness (QED) is 0.501. The van der Waals surface area contributed by atoms with Crippen LogP contribution in [-0.4, -0.2) is 30.5 Å². The molecule has 0 spiro atoms. The van der Waals surface area contributed by atoms with Gasteiger partial charge in [0.15, 0.2) is 0 Å². The Morgan fingerprint density at radius 1 is 1.39 bits per heavy atom. The molecule has 0 saturated heterocycles. The van der Waals surface area contributed by atoms with E-state index in [0.29, 0.717) is 17.1 Å². The molecule has 5 heteroatoms. The van der Waals surface area contributed by atoms with Crippen LogP contribution in [0.15, 0.2) is 23.9 Å². The largest absolute Gasteiger partial charge is 0.351 e. The summed E-state index contributed by atoms with van der Waals surface area (Å²) in [6.45, 7) is 7.01. The van der Waals surface area contributed by atoms with Crippen LogP contribution in [0.1, 0.15) is 62.0 Å². The lowest BCUT2D eigenvalue weighted by Crippen LogP contribution is -2.37. The van der Waals surface area contributed by atoms with Crippen LogP contribution in [0.2, 0.25) is 5.02 Å². The molecule has 2 fully saturated rings. The second-order valence-electron chi connectivity index (χ2n) is 9.28. The van der Waals surface area contributed by atoms with Crippen molar-refractivity contribution >= 4 is 17.5 Å². The molecule has 2 N–H and O–H groups in total. The summed E-state index contributed by atoms with van der Waals surface area (Å²) < 4.78 is 0. The number of nitrogens with zero attached hydrogens (tertiary/aromatic N) is 1. The maximum Gasteiger partial charge on any atom is 0.252 e. The Hall–Kier alpha value is -1.39. The van der Waals surface area contributed by atoms with Gasteiger partial charge < -0.3 is 10.6 Å². The Morgan fingerprint density at radius 3 is 3.07 bits per heavy atom. The third kappa shape index (κ3) is 4.13. The molecule has 0 aromatic carbocycles. The molecular formula is C23H32ClN3O. The van der Waals surface area contributed by atoms with E-state index in [1.54, 1.807) is 11.8 Å². The van der Waals surface area contributed by atoms with Crippen molar-refractivity contribution < 1.29 is 4.79 Å². The van der Waals surface area contributed by atoms with Gasteiger partial charge in [-0.05, 0) is 75.4 Å². The van der Waals surface area contributed by atoms with Crippen LogP contribution in [0.25, 0.3) is 0 Å². The molecule has 4 atom stereocenters. The number of carbonyl (C=O) groups is 1. The average molecular weight is 402 g/mol. The fourth-order valence-corrected chi connectivity index (χ4v) is 5.77. The standard InChI is InChI=1S/C23H32ClN3O/c1-3-25-6-4-5-18-10-20(21(24)13-26-18)22(28)27-14-23(2)11-15-7-16-9-17(12-23)19(16)8-15/h10,12-13,15-16,19,25H,3-9,11,14H2,1-2H3,(H,27,28). The molecule has 4 rings (SSSR count). The molecule has 1 heterocycles. The molecule has 4 nitrogen and oxygen atoms in total. The molecule has 1 aromatic rings. The second kappa shape index (κ2) is 8.16. The molecule has 4 unspecified atom stereocenters. The number of amides is 1. The van der Waals surface area contributed by atoms with Crippen molar-refractivity contribution in [1.82, 2.24) is 15.6 Å². The van der Waals surface area contributed by atoms with Crippen LogP contribution in [-0.2, 0) is 6.42 Å². The molecule has 2 saturated carbocycles. The maximum absolute atomic E-state index is 12.9. The van der Waals surface area contributed by atoms with Crippen molar-refractivity contribution in [3.05, 3.63) is 40.2 Å². The zero-order valence-electron chi connectivity index (χ0n) is 17.1. The highest BCUT2D eigenvalue weighted by molar-refractivity contribution is 6.33. The van der Waals surface area contributed by atoms with E-state index in [1.807, 2.05) is 6.07 Å². The number of hydrogen-bond donors (Lipinski definition) is 2. The van der Waals surface area contributed by atoms with Gasteiger partial charge in [-0.2, -0.15) is 0 Å². The highest BCUT2D eigenvalue weighted by Crippen LogP contribution is 2.58. The van der Waals surface area contributed by atoms with Gasteiger partial charge in [0.2, 0.25) is 0 Å². The number of fused-ring (bicyclic) bond motifs is 1. The Bertz CT molecular complexity index is 777. The van der Waals surface area contributed by atoms with Gasteiger partial charge in [-0.1, -0.05) is 37.1 Å². The summed E-state index contributed by atoms with van der Waals surface area (Å²) in [5.41, 5.74) is 3.18. The van der Waals surface area contributed by atoms with Crippen molar-refractivity contribution in [2.75, 3.05) is 19.6 Å². The summed E-state index contributed by atoms with van der Waals surface area (Å²) in [4.78, 5) is 17.2. The second-order valence-corrected chi connectivity index (χ2v) is 9.69. The molecule has 28 heavy (non-hydrogen) atoms. The monoisotopic (exact) mass is 401 g/mol. The van der Waals surface area contributed by atoms with Gasteiger partial charge in [-0.25, -0.2) is 0 Å². The van der Waals surface area contributed by atoms with Crippen LogP contribution < -0.4 is 10.6 Å². The Morgan fingerprint density at radius 2 is 2.25 bits per heavy atom. The van der Waals surface area contributed by atoms with Crippen LogP contribution >= 0.6 is 11.6 Å². The number of halogens is 1. The van der Waals surface area contributed by atoms with Gasteiger partial charge in [0.05, 0.1) is 10.6 Å². The summed E-state index contributed by atoms with van der Waals surface area (Å²) in [7, 11) is 0. The Balaban J connectivity index is 1.38. The van der Waals surface area contributed by atoms with Gasteiger partial charge in [0, 0.05) is 23.9 Å². The van der Waals surface area contributed by atoms with Crippen molar-refractivity contribution in [3.63, 3.8) is 0 Å². The highest BCUT2D eigenvalue weighted by Gasteiger charge is 2.48. The summed E-state index contributed by atoms with van der Waals surface area (Å²) in [6, 6.07) is 1.86. The molecule has 0 radical (unpaired) electrons. The Labute approximate surface area is 173 Å². The lowest BCUT2D eigenvalue weighted by atomic mass is 9.67. The highest BCUT2D eigenvalue weighted by atomic mass is 35.5. The normalized spacial score (nSPS) is 30.4. The van der Waals surface area contributed by atoms with Gasteiger partial charge in [-0.3, -0.25) is 9.78 Å². The van der Waals surface area contributed by atoms with E-state index in [-0.39, 0.29) is 11.3 Å². The molecule has 0 aliphatic heterocycles. The summed E-state index contributed by atoms with van der Waals surface area (Å²) in [5, 5.41) is 6.91. The van der Waals surface area contributed by atoms with E-state index in [4.69, 9.17) is 11.6 Å². The summed E-state index contributed by atoms with van der Waals surface area (Å²) >= 11 is 6.29. The van der Waals surface area contributed by atoms with E-state index < -0.39 is 0 Å². The van der Waals surface area contributed by atoms with Crippen LogP contribution in [0, 0.1) is 23.2 Å². The van der Waals surface area contributed by atoms with Crippen LogP contribution in [0.4, 0.5) is 0 Å². The predicted octanol–water partition coefficient (Wildman–Crippen LogP) is 4.39. The first kappa shape index (κ1) is 19.9. The zero-order valence-corrected chi connectivity index (χ0v) is 17.8. The first-order chi connectivity index (χ1) is 13.5. The molecule has 3 aliphatic rings. The number of carbonyl (C=O) groups excluding carboxylic acids is 1. The first-order valence-corrected chi connectivity index (χ1v) is 11.2. The minimum absolute atomic E-state index is 0.0595. The van der Waals surface area contributed by atoms with E-state index in [1.165, 1.54) is 25.7 Å². The lowest BCUT2D eigenvalue weighted by Gasteiger charge is -2.38. The van der Waals surface area contributed by atoms with Crippen molar-refractivity contribution in [2.24, 2.45) is 23.2 Å². The predicted molar refractivity (Wildman–Crippen MR) is 114 cm³/mol. The molecule has 152 valence electrons. The van der Waals surface area contributed by atoms with E-state index in [9.17, 15) is 4.79 Å². The molecule has 2 bridgehead atoms. The van der Waals surface area contributed by atoms with Gasteiger partial charge in [-0.15, -0.1) is 0 Å². The topological polar surface area (TPSA) is 54.0 Å². The number of nitrogens with one attached hydrogen (secondary N) is 2. The number of aryl methyl sites for hydroxylation is 1. The fraction of sp³-hybridized carbons (Fsp3) is 0.652. The number of hydrogen-bond acceptors (Lipinski definition) is 3. The van der Waals surface area contributed by atoms with Gasteiger partial charge in [0.25, 0.3) is 5.91 Å². The molecular weight excluding hydrogens is 370 g/mol. The minimum atomic E-state index is -0.0825. The van der Waals surface area contributed by atoms with Crippen LogP contribution in [0.5, 0.6) is 0 Å². The zero-order chi connectivity index (χ0) is 19.7. The smallest absolute Gasteiger partial charge is 0.252 e. The fourth-order valence-electron chi connectivity index (χ4n) is 5.58. The minimum Gasteiger partial charge on any atom is -0.351 e. The van der Waals surface area contributed by atoms with Crippen LogP contribution in [0.3, 0.4) is 0 Å². The third-order valence-corrected chi connectivity index (χ3v) is 7.20. The average Bonchev–Trinajstić information content (AvgIpc) is 2.92. The van der Waals surface area contributed by atoms with E-state index >= 15 is 0 Å². The number of aromatic nitrogens is 1. The van der Waals surface area contributed by atoms with Crippen molar-refractivity contribution in [1.29, 1.82) is 0 Å². The molecule has 1 aromatic heterocycles. The van der Waals surface area contributed by atoms with E-state index in [0.717, 1.165) is 49.4 Å².